The van der Waals surface area contributed by atoms with Crippen molar-refractivity contribution >= 4 is 0 Å². The predicted octanol–water partition coefficient (Wildman–Crippen LogP) is 4.33. The Kier molecular flexibility index (Phi) is 4.18. The molecule has 0 N–H and O–H groups in total. The van der Waals surface area contributed by atoms with E-state index in [-0.39, 0.29) is 0 Å². The Hall–Kier alpha value is -2.39. The van der Waals surface area contributed by atoms with Crippen LogP contribution in [0, 0.1) is 6.92 Å². The highest BCUT2D eigenvalue weighted by molar-refractivity contribution is 5.34. The highest BCUT2D eigenvalue weighted by atomic mass is 16.4. The first kappa shape index (κ1) is 15.2. The largest absolute Gasteiger partial charge is 0.445 e. The van der Waals surface area contributed by atoms with Crippen LogP contribution in [0.4, 0.5) is 0 Å². The molecule has 3 nitrogen and oxygen atoms in total. The topological polar surface area (TPSA) is 29.3 Å². The molecule has 4 rings (SSSR count). The van der Waals surface area contributed by atoms with Crippen LogP contribution in [0.1, 0.15) is 34.4 Å². The van der Waals surface area contributed by atoms with E-state index >= 15 is 0 Å². The molecule has 1 aliphatic rings. The molecule has 0 amide bonds. The molecule has 1 aromatic heterocycles. The van der Waals surface area contributed by atoms with Crippen molar-refractivity contribution in [3.8, 4) is 0 Å². The number of aryl methyl sites for hydroxylation is 1. The van der Waals surface area contributed by atoms with Crippen LogP contribution in [0.25, 0.3) is 0 Å². The minimum atomic E-state index is 0.365. The lowest BCUT2D eigenvalue weighted by Crippen LogP contribution is -2.36. The molecule has 0 fully saturated rings. The number of benzene rings is 2. The van der Waals surface area contributed by atoms with Crippen molar-refractivity contribution in [3.63, 3.8) is 0 Å². The first-order chi connectivity index (χ1) is 11.8. The van der Waals surface area contributed by atoms with E-state index in [2.05, 4.69) is 64.5 Å². The lowest BCUT2D eigenvalue weighted by atomic mass is 9.88. The number of oxazole rings is 1. The third-order valence-electron chi connectivity index (χ3n) is 4.80. The lowest BCUT2D eigenvalue weighted by Gasteiger charge is -2.36. The van der Waals surface area contributed by atoms with Gasteiger partial charge in [-0.3, -0.25) is 4.90 Å². The number of nitrogens with zero attached hydrogens (tertiary/aromatic N) is 2. The van der Waals surface area contributed by atoms with Crippen molar-refractivity contribution in [1.29, 1.82) is 0 Å². The van der Waals surface area contributed by atoms with Gasteiger partial charge >= 0.3 is 0 Å². The van der Waals surface area contributed by atoms with Crippen molar-refractivity contribution in [3.05, 3.63) is 89.1 Å². The molecule has 2 heterocycles. The Labute approximate surface area is 143 Å². The van der Waals surface area contributed by atoms with E-state index in [9.17, 15) is 0 Å². The maximum absolute atomic E-state index is 5.72. The molecule has 0 radical (unpaired) electrons. The Balaban J connectivity index is 1.64. The summed E-state index contributed by atoms with van der Waals surface area (Å²) in [6.07, 6.45) is 3.90. The van der Waals surface area contributed by atoms with E-state index in [0.29, 0.717) is 6.04 Å². The van der Waals surface area contributed by atoms with Gasteiger partial charge in [0, 0.05) is 12.6 Å². The normalized spacial score (nSPS) is 17.6. The van der Waals surface area contributed by atoms with Gasteiger partial charge < -0.3 is 4.42 Å². The molecule has 1 atom stereocenters. The van der Waals surface area contributed by atoms with Gasteiger partial charge in [0.1, 0.15) is 5.76 Å². The summed E-state index contributed by atoms with van der Waals surface area (Å²) < 4.78 is 5.72. The molecule has 0 saturated carbocycles. The zero-order chi connectivity index (χ0) is 16.4. The van der Waals surface area contributed by atoms with Crippen LogP contribution in [0.2, 0.25) is 0 Å². The van der Waals surface area contributed by atoms with Crippen molar-refractivity contribution in [2.24, 2.45) is 0 Å². The molecule has 0 bridgehead atoms. The van der Waals surface area contributed by atoms with Gasteiger partial charge in [-0.1, -0.05) is 54.6 Å². The molecule has 0 unspecified atom stereocenters. The second-order valence-electron chi connectivity index (χ2n) is 6.49. The van der Waals surface area contributed by atoms with Gasteiger partial charge in [0.25, 0.3) is 0 Å². The first-order valence-corrected chi connectivity index (χ1v) is 8.57. The third kappa shape index (κ3) is 3.13. The van der Waals surface area contributed by atoms with Crippen LogP contribution >= 0.6 is 0 Å². The molecular weight excluding hydrogens is 296 g/mol. The van der Waals surface area contributed by atoms with E-state index < -0.39 is 0 Å². The zero-order valence-electron chi connectivity index (χ0n) is 14.0. The van der Waals surface area contributed by atoms with E-state index in [1.165, 1.54) is 16.7 Å². The number of hydrogen-bond acceptors (Lipinski definition) is 3. The summed E-state index contributed by atoms with van der Waals surface area (Å²) in [5.41, 5.74) is 4.28. The van der Waals surface area contributed by atoms with Crippen LogP contribution in [-0.4, -0.2) is 16.4 Å². The van der Waals surface area contributed by atoms with Gasteiger partial charge in [-0.05, 0) is 36.5 Å². The minimum absolute atomic E-state index is 0.365. The number of fused-ring (bicyclic) bond motifs is 1. The average molecular weight is 318 g/mol. The number of aromatic nitrogens is 1. The third-order valence-corrected chi connectivity index (χ3v) is 4.80. The standard InChI is InChI=1S/C21H22N2O/c1-16-14-22-21(24-16)15-23-12-11-18-9-5-6-10-19(18)20(23)13-17-7-3-2-4-8-17/h2-10,14,20H,11-13,15H2,1H3/t20-/m0/s1. The van der Waals surface area contributed by atoms with Crippen LogP contribution in [0.15, 0.2) is 65.2 Å². The molecule has 2 aromatic carbocycles. The van der Waals surface area contributed by atoms with Crippen molar-refractivity contribution < 1.29 is 4.42 Å². The highest BCUT2D eigenvalue weighted by Gasteiger charge is 2.28. The predicted molar refractivity (Wildman–Crippen MR) is 94.7 cm³/mol. The molecule has 3 aromatic rings. The van der Waals surface area contributed by atoms with Gasteiger partial charge in [0.15, 0.2) is 0 Å². The van der Waals surface area contributed by atoms with Crippen LogP contribution < -0.4 is 0 Å². The molecule has 0 spiro atoms. The summed E-state index contributed by atoms with van der Waals surface area (Å²) in [6, 6.07) is 19.9. The fourth-order valence-electron chi connectivity index (χ4n) is 3.62. The number of hydrogen-bond donors (Lipinski definition) is 0. The first-order valence-electron chi connectivity index (χ1n) is 8.57. The van der Waals surface area contributed by atoms with Gasteiger partial charge in [0.2, 0.25) is 5.89 Å². The van der Waals surface area contributed by atoms with Gasteiger partial charge in [-0.15, -0.1) is 0 Å². The molecule has 1 aliphatic heterocycles. The SMILES string of the molecule is Cc1cnc(CN2CCc3ccccc3[C@@H]2Cc2ccccc2)o1. The summed E-state index contributed by atoms with van der Waals surface area (Å²) in [6.45, 7) is 3.75. The summed E-state index contributed by atoms with van der Waals surface area (Å²) in [5.74, 6) is 1.69. The molecule has 0 saturated heterocycles. The fraction of sp³-hybridized carbons (Fsp3) is 0.286. The second-order valence-corrected chi connectivity index (χ2v) is 6.49. The molecular formula is C21H22N2O. The van der Waals surface area contributed by atoms with Crippen molar-refractivity contribution in [2.75, 3.05) is 6.54 Å². The van der Waals surface area contributed by atoms with Gasteiger partial charge in [0.05, 0.1) is 12.7 Å². The molecule has 122 valence electrons. The van der Waals surface area contributed by atoms with Crippen LogP contribution in [0.5, 0.6) is 0 Å². The number of rotatable bonds is 4. The highest BCUT2D eigenvalue weighted by Crippen LogP contribution is 2.33. The molecule has 3 heteroatoms. The van der Waals surface area contributed by atoms with E-state index in [4.69, 9.17) is 4.42 Å². The molecule has 24 heavy (non-hydrogen) atoms. The quantitative estimate of drug-likeness (QED) is 0.717. The Morgan fingerprint density at radius 3 is 2.67 bits per heavy atom. The Morgan fingerprint density at radius 1 is 1.08 bits per heavy atom. The monoisotopic (exact) mass is 318 g/mol. The summed E-state index contributed by atoms with van der Waals surface area (Å²) in [7, 11) is 0. The van der Waals surface area contributed by atoms with Crippen molar-refractivity contribution in [2.45, 2.75) is 32.4 Å². The summed E-state index contributed by atoms with van der Waals surface area (Å²) in [4.78, 5) is 6.90. The average Bonchev–Trinajstić information content (AvgIpc) is 3.03. The summed E-state index contributed by atoms with van der Waals surface area (Å²) in [5, 5.41) is 0. The van der Waals surface area contributed by atoms with Gasteiger partial charge in [-0.2, -0.15) is 0 Å². The van der Waals surface area contributed by atoms with Crippen molar-refractivity contribution in [1.82, 2.24) is 9.88 Å². The van der Waals surface area contributed by atoms with Crippen LogP contribution in [-0.2, 0) is 19.4 Å². The second kappa shape index (κ2) is 6.62. The Morgan fingerprint density at radius 2 is 1.88 bits per heavy atom. The van der Waals surface area contributed by atoms with E-state index in [1.54, 1.807) is 6.20 Å². The zero-order valence-corrected chi connectivity index (χ0v) is 14.0. The maximum atomic E-state index is 5.72. The maximum Gasteiger partial charge on any atom is 0.208 e. The van der Waals surface area contributed by atoms with E-state index in [0.717, 1.165) is 37.6 Å². The van der Waals surface area contributed by atoms with E-state index in [1.807, 2.05) is 6.92 Å². The van der Waals surface area contributed by atoms with Gasteiger partial charge in [-0.25, -0.2) is 4.98 Å². The summed E-state index contributed by atoms with van der Waals surface area (Å²) >= 11 is 0. The fourth-order valence-corrected chi connectivity index (χ4v) is 3.62. The lowest BCUT2D eigenvalue weighted by molar-refractivity contribution is 0.158. The Bertz CT molecular complexity index is 809. The molecule has 0 aliphatic carbocycles. The smallest absolute Gasteiger partial charge is 0.208 e. The van der Waals surface area contributed by atoms with Crippen LogP contribution in [0.3, 0.4) is 0 Å². The minimum Gasteiger partial charge on any atom is -0.445 e.